The molecule has 1 aliphatic carbocycles. The predicted octanol–water partition coefficient (Wildman–Crippen LogP) is 2.54. The fourth-order valence-electron chi connectivity index (χ4n) is 2.64. The zero-order valence-corrected chi connectivity index (χ0v) is 13.1. The molecule has 4 heteroatoms. The molecule has 1 unspecified atom stereocenters. The molecule has 3 N–H and O–H groups in total. The lowest BCUT2D eigenvalue weighted by Gasteiger charge is -2.11. The largest absolute Gasteiger partial charge is 0.491 e. The van der Waals surface area contributed by atoms with Crippen molar-refractivity contribution >= 4 is 5.78 Å². The van der Waals surface area contributed by atoms with Crippen molar-refractivity contribution in [3.8, 4) is 5.75 Å². The average Bonchev–Trinajstić information content (AvgIpc) is 2.65. The van der Waals surface area contributed by atoms with Crippen LogP contribution in [-0.2, 0) is 0 Å². The molecule has 0 radical (unpaired) electrons. The van der Waals surface area contributed by atoms with Crippen LogP contribution < -0.4 is 10.5 Å². The Balaban J connectivity index is 2.26. The van der Waals surface area contributed by atoms with Crippen molar-refractivity contribution in [1.29, 1.82) is 0 Å². The van der Waals surface area contributed by atoms with Crippen molar-refractivity contribution in [3.05, 3.63) is 52.6 Å². The van der Waals surface area contributed by atoms with Gasteiger partial charge in [0.2, 0.25) is 0 Å². The molecule has 0 bridgehead atoms. The minimum absolute atomic E-state index is 0.0110. The van der Waals surface area contributed by atoms with Crippen LogP contribution in [0.4, 0.5) is 0 Å². The van der Waals surface area contributed by atoms with Crippen molar-refractivity contribution in [1.82, 2.24) is 0 Å². The number of aliphatic hydroxyl groups is 1. The summed E-state index contributed by atoms with van der Waals surface area (Å²) in [4.78, 5) is 12.8. The van der Waals surface area contributed by atoms with E-state index in [1.807, 2.05) is 32.1 Å². The maximum Gasteiger partial charge on any atom is 0.193 e. The number of ether oxygens (including phenoxy) is 1. The van der Waals surface area contributed by atoms with E-state index in [1.165, 1.54) is 0 Å². The lowest BCUT2D eigenvalue weighted by molar-refractivity contribution is 0.103. The summed E-state index contributed by atoms with van der Waals surface area (Å²) in [5, 5.41) is 8.78. The fraction of sp³-hybridized carbons (Fsp3) is 0.389. The van der Waals surface area contributed by atoms with Crippen LogP contribution >= 0.6 is 0 Å². The smallest absolute Gasteiger partial charge is 0.193 e. The Bertz CT molecular complexity index is 617. The van der Waals surface area contributed by atoms with Crippen molar-refractivity contribution in [2.75, 3.05) is 13.2 Å². The average molecular weight is 301 g/mol. The van der Waals surface area contributed by atoms with Crippen molar-refractivity contribution in [2.45, 2.75) is 32.7 Å². The lowest BCUT2D eigenvalue weighted by Crippen LogP contribution is -2.16. The number of rotatable bonds is 5. The summed E-state index contributed by atoms with van der Waals surface area (Å²) < 4.78 is 5.37. The zero-order valence-electron chi connectivity index (χ0n) is 13.1. The monoisotopic (exact) mass is 301 g/mol. The second-order valence-electron chi connectivity index (χ2n) is 5.59. The van der Waals surface area contributed by atoms with Crippen LogP contribution in [-0.4, -0.2) is 30.1 Å². The third kappa shape index (κ3) is 3.84. The van der Waals surface area contributed by atoms with Gasteiger partial charge >= 0.3 is 0 Å². The molecule has 22 heavy (non-hydrogen) atoms. The van der Waals surface area contributed by atoms with Crippen LogP contribution in [0.2, 0.25) is 0 Å². The number of allylic oxidation sites excluding steroid dienone is 3. The Hall–Kier alpha value is -1.91. The summed E-state index contributed by atoms with van der Waals surface area (Å²) >= 11 is 0. The van der Waals surface area contributed by atoms with Crippen LogP contribution in [0.1, 0.15) is 35.7 Å². The Morgan fingerprint density at radius 3 is 2.86 bits per heavy atom. The van der Waals surface area contributed by atoms with Crippen LogP contribution in [0.15, 0.2) is 41.5 Å². The van der Waals surface area contributed by atoms with Crippen LogP contribution in [0, 0.1) is 6.92 Å². The summed E-state index contributed by atoms with van der Waals surface area (Å²) in [6.07, 6.45) is 5.62. The number of nitrogens with two attached hydrogens (primary N) is 1. The van der Waals surface area contributed by atoms with E-state index in [-0.39, 0.29) is 25.0 Å². The van der Waals surface area contributed by atoms with Gasteiger partial charge in [0.05, 0.1) is 6.61 Å². The topological polar surface area (TPSA) is 72.6 Å². The first kappa shape index (κ1) is 16.5. The molecular formula is C18H23NO3. The van der Waals surface area contributed by atoms with Crippen LogP contribution in [0.5, 0.6) is 5.75 Å². The maximum absolute atomic E-state index is 12.8. The number of ketones is 1. The van der Waals surface area contributed by atoms with Gasteiger partial charge in [0.15, 0.2) is 5.78 Å². The fourth-order valence-corrected chi connectivity index (χ4v) is 2.64. The van der Waals surface area contributed by atoms with Gasteiger partial charge in [-0.15, -0.1) is 0 Å². The Morgan fingerprint density at radius 1 is 1.41 bits per heavy atom. The van der Waals surface area contributed by atoms with Crippen molar-refractivity contribution in [3.63, 3.8) is 0 Å². The molecule has 1 atom stereocenters. The van der Waals surface area contributed by atoms with Crippen molar-refractivity contribution < 1.29 is 14.6 Å². The summed E-state index contributed by atoms with van der Waals surface area (Å²) in [6.45, 7) is 4.04. The summed E-state index contributed by atoms with van der Waals surface area (Å²) in [6, 6.07) is 5.38. The molecule has 0 saturated carbocycles. The zero-order chi connectivity index (χ0) is 16.1. The minimum Gasteiger partial charge on any atom is -0.491 e. The number of carbonyl (C=O) groups excluding carboxylic acids is 1. The SMILES string of the molecule is CC1=CC(N)CCC=C1C(=O)c1ccc(OCCO)cc1C. The van der Waals surface area contributed by atoms with Gasteiger partial charge < -0.3 is 15.6 Å². The van der Waals surface area contributed by atoms with E-state index in [4.69, 9.17) is 15.6 Å². The molecule has 1 aromatic carbocycles. The van der Waals surface area contributed by atoms with Crippen LogP contribution in [0.3, 0.4) is 0 Å². The molecule has 118 valence electrons. The molecule has 0 fully saturated rings. The van der Waals surface area contributed by atoms with E-state index in [2.05, 4.69) is 0 Å². The van der Waals surface area contributed by atoms with E-state index in [1.54, 1.807) is 12.1 Å². The Kier molecular flexibility index (Phi) is 5.52. The third-order valence-corrected chi connectivity index (χ3v) is 3.78. The quantitative estimate of drug-likeness (QED) is 0.820. The maximum atomic E-state index is 12.8. The standard InChI is InChI=1S/C18H23NO3/c1-12-10-14(19)4-3-5-16(12)18(21)17-7-6-15(11-13(17)2)22-9-8-20/h5-7,10-11,14,20H,3-4,8-9,19H2,1-2H3. The molecule has 0 aromatic heterocycles. The van der Waals surface area contributed by atoms with Gasteiger partial charge in [-0.2, -0.15) is 0 Å². The van der Waals surface area contributed by atoms with E-state index in [0.717, 1.165) is 29.6 Å². The summed E-state index contributed by atoms with van der Waals surface area (Å²) in [5.41, 5.74) is 9.18. The second kappa shape index (κ2) is 7.38. The first-order chi connectivity index (χ1) is 10.5. The van der Waals surface area contributed by atoms with Gasteiger partial charge in [-0.3, -0.25) is 4.79 Å². The Labute approximate surface area is 131 Å². The van der Waals surface area contributed by atoms with E-state index >= 15 is 0 Å². The summed E-state index contributed by atoms with van der Waals surface area (Å²) in [7, 11) is 0. The van der Waals surface area contributed by atoms with Gasteiger partial charge in [0.1, 0.15) is 12.4 Å². The highest BCUT2D eigenvalue weighted by Crippen LogP contribution is 2.25. The number of carbonyl (C=O) groups is 1. The molecule has 0 spiro atoms. The molecule has 0 saturated heterocycles. The highest BCUT2D eigenvalue weighted by atomic mass is 16.5. The Morgan fingerprint density at radius 2 is 2.18 bits per heavy atom. The molecular weight excluding hydrogens is 278 g/mol. The molecule has 0 amide bonds. The first-order valence-electron chi connectivity index (χ1n) is 7.56. The van der Waals surface area contributed by atoms with Gasteiger partial charge in [-0.1, -0.05) is 12.2 Å². The van der Waals surface area contributed by atoms with Gasteiger partial charge in [-0.25, -0.2) is 0 Å². The number of benzene rings is 1. The van der Waals surface area contributed by atoms with Crippen molar-refractivity contribution in [2.24, 2.45) is 5.73 Å². The predicted molar refractivity (Wildman–Crippen MR) is 87.1 cm³/mol. The normalized spacial score (nSPS) is 18.3. The highest BCUT2D eigenvalue weighted by molar-refractivity contribution is 6.12. The molecule has 1 aliphatic rings. The number of aliphatic hydroxyl groups excluding tert-OH is 1. The number of Topliss-reactive ketones (excluding diaryl/α,β-unsaturated/α-hetero) is 1. The first-order valence-corrected chi connectivity index (χ1v) is 7.56. The van der Waals surface area contributed by atoms with E-state index in [0.29, 0.717) is 11.3 Å². The van der Waals surface area contributed by atoms with Gasteiger partial charge in [-0.05, 0) is 56.0 Å². The highest BCUT2D eigenvalue weighted by Gasteiger charge is 2.18. The minimum atomic E-state index is -0.0309. The lowest BCUT2D eigenvalue weighted by atomic mass is 9.94. The van der Waals surface area contributed by atoms with Crippen LogP contribution in [0.25, 0.3) is 0 Å². The number of aryl methyl sites for hydroxylation is 1. The van der Waals surface area contributed by atoms with Gasteiger partial charge in [0, 0.05) is 17.2 Å². The second-order valence-corrected chi connectivity index (χ2v) is 5.59. The molecule has 1 aromatic rings. The number of hydrogen-bond donors (Lipinski definition) is 2. The molecule has 2 rings (SSSR count). The molecule has 0 aliphatic heterocycles. The number of hydrogen-bond acceptors (Lipinski definition) is 4. The third-order valence-electron chi connectivity index (χ3n) is 3.78. The molecule has 0 heterocycles. The van der Waals surface area contributed by atoms with E-state index in [9.17, 15) is 4.79 Å². The molecule has 4 nitrogen and oxygen atoms in total. The van der Waals surface area contributed by atoms with E-state index < -0.39 is 0 Å². The summed E-state index contributed by atoms with van der Waals surface area (Å²) in [5.74, 6) is 0.682. The van der Waals surface area contributed by atoms with Gasteiger partial charge in [0.25, 0.3) is 0 Å².